The number of hydrogen-bond donors (Lipinski definition) is 2. The van der Waals surface area contributed by atoms with Gasteiger partial charge in [0.2, 0.25) is 0 Å². The standard InChI is InChI=1S/C15H22Cl2N2O2/c1-11-2-3-14(19(6-4-16)7-5-17)9-12(11)8-13(18)10-15(20)21/h2-3,9,13H,4-8,10,18H2,1H3,(H,20,21)/i4D2,5D2,6D2,7D2. The fraction of sp³-hybridized carbons (Fsp3) is 0.533. The molecule has 0 fully saturated rings. The zero-order valence-corrected chi connectivity index (χ0v) is 12.9. The van der Waals surface area contributed by atoms with Crippen molar-refractivity contribution in [3.8, 4) is 0 Å². The van der Waals surface area contributed by atoms with Gasteiger partial charge in [-0.25, -0.2) is 0 Å². The highest BCUT2D eigenvalue weighted by Crippen LogP contribution is 2.21. The average Bonchev–Trinajstić information content (AvgIpc) is 2.47. The summed E-state index contributed by atoms with van der Waals surface area (Å²) in [6, 6.07) is 3.26. The highest BCUT2D eigenvalue weighted by Gasteiger charge is 2.13. The van der Waals surface area contributed by atoms with Crippen molar-refractivity contribution in [1.29, 1.82) is 0 Å². The second-order valence-electron chi connectivity index (χ2n) is 4.42. The second kappa shape index (κ2) is 9.13. The summed E-state index contributed by atoms with van der Waals surface area (Å²) in [5.41, 5.74) is 6.68. The van der Waals surface area contributed by atoms with E-state index in [2.05, 4.69) is 0 Å². The van der Waals surface area contributed by atoms with Crippen molar-refractivity contribution in [2.75, 3.05) is 29.6 Å². The number of aryl methyl sites for hydroxylation is 1. The van der Waals surface area contributed by atoms with Gasteiger partial charge < -0.3 is 15.7 Å². The van der Waals surface area contributed by atoms with Gasteiger partial charge in [-0.05, 0) is 36.6 Å². The Kier molecular flexibility index (Phi) is 4.01. The number of nitrogens with two attached hydrogens (primary N) is 1. The van der Waals surface area contributed by atoms with Crippen molar-refractivity contribution in [3.63, 3.8) is 0 Å². The van der Waals surface area contributed by atoms with Gasteiger partial charge in [-0.2, -0.15) is 0 Å². The number of nitrogens with zero attached hydrogens (tertiary/aromatic N) is 1. The molecule has 1 aromatic carbocycles. The summed E-state index contributed by atoms with van der Waals surface area (Å²) in [6.45, 7) is -4.77. The van der Waals surface area contributed by atoms with Gasteiger partial charge in [-0.15, -0.1) is 23.2 Å². The maximum Gasteiger partial charge on any atom is 0.304 e. The summed E-state index contributed by atoms with van der Waals surface area (Å²) in [6.07, 6.45) is -0.267. The van der Waals surface area contributed by atoms with E-state index in [1.165, 1.54) is 18.2 Å². The predicted molar refractivity (Wildman–Crippen MR) is 88.8 cm³/mol. The van der Waals surface area contributed by atoms with Crippen LogP contribution in [0.15, 0.2) is 18.2 Å². The second-order valence-corrected chi connectivity index (χ2v) is 4.80. The van der Waals surface area contributed by atoms with Crippen LogP contribution in [0.5, 0.6) is 0 Å². The molecule has 0 radical (unpaired) electrons. The lowest BCUT2D eigenvalue weighted by molar-refractivity contribution is -0.137. The summed E-state index contributed by atoms with van der Waals surface area (Å²) in [5, 5.41) is 8.87. The molecule has 0 aliphatic carbocycles. The number of carbonyl (C=O) groups is 1. The molecular formula is C15H22Cl2N2O2. The number of carboxylic acids is 1. The summed E-state index contributed by atoms with van der Waals surface area (Å²) in [4.78, 5) is 11.1. The van der Waals surface area contributed by atoms with Gasteiger partial charge >= 0.3 is 5.97 Å². The van der Waals surface area contributed by atoms with Crippen LogP contribution in [0, 0.1) is 6.92 Å². The molecule has 0 heterocycles. The topological polar surface area (TPSA) is 66.6 Å². The van der Waals surface area contributed by atoms with Crippen molar-refractivity contribution in [1.82, 2.24) is 0 Å². The number of anilines is 1. The molecule has 1 atom stereocenters. The zero-order chi connectivity index (χ0) is 23.0. The molecule has 1 rings (SSSR count). The third-order valence-electron chi connectivity index (χ3n) is 2.82. The van der Waals surface area contributed by atoms with Gasteiger partial charge in [0.25, 0.3) is 0 Å². The molecule has 21 heavy (non-hydrogen) atoms. The summed E-state index contributed by atoms with van der Waals surface area (Å²) >= 11 is 11.1. The van der Waals surface area contributed by atoms with E-state index in [1.807, 2.05) is 0 Å². The first kappa shape index (κ1) is 9.23. The van der Waals surface area contributed by atoms with Gasteiger partial charge in [0.15, 0.2) is 0 Å². The largest absolute Gasteiger partial charge is 0.481 e. The van der Waals surface area contributed by atoms with E-state index in [-0.39, 0.29) is 23.4 Å². The molecule has 0 saturated carbocycles. The molecule has 6 heteroatoms. The summed E-state index contributed by atoms with van der Waals surface area (Å²) in [7, 11) is 0. The van der Waals surface area contributed by atoms with Crippen molar-refractivity contribution in [3.05, 3.63) is 29.3 Å². The lowest BCUT2D eigenvalue weighted by atomic mass is 9.99. The number of carboxylic acid groups (broad SMARTS) is 1. The highest BCUT2D eigenvalue weighted by molar-refractivity contribution is 6.18. The van der Waals surface area contributed by atoms with Crippen LogP contribution in [0.1, 0.15) is 28.5 Å². The number of alkyl halides is 2. The number of aliphatic carboxylic acids is 1. The smallest absolute Gasteiger partial charge is 0.304 e. The van der Waals surface area contributed by atoms with Gasteiger partial charge in [-0.1, -0.05) is 6.07 Å². The molecule has 4 nitrogen and oxygen atoms in total. The monoisotopic (exact) mass is 340 g/mol. The fourth-order valence-electron chi connectivity index (χ4n) is 1.84. The minimum atomic E-state index is -3.23. The maximum atomic E-state index is 10.8. The molecule has 0 saturated heterocycles. The average molecular weight is 341 g/mol. The molecule has 118 valence electrons. The fourth-order valence-corrected chi connectivity index (χ4v) is 2.01. The molecule has 3 N–H and O–H groups in total. The number of benzene rings is 1. The number of halogens is 2. The van der Waals surface area contributed by atoms with Crippen molar-refractivity contribution in [2.45, 2.75) is 25.8 Å². The molecule has 1 aromatic rings. The summed E-state index contributed by atoms with van der Waals surface area (Å²) in [5.74, 6) is -7.34. The highest BCUT2D eigenvalue weighted by atomic mass is 35.5. The predicted octanol–water partition coefficient (Wildman–Crippen LogP) is 2.62. The van der Waals surface area contributed by atoms with E-state index in [9.17, 15) is 4.79 Å². The van der Waals surface area contributed by atoms with Gasteiger partial charge in [0, 0.05) is 41.9 Å². The third kappa shape index (κ3) is 6.12. The van der Waals surface area contributed by atoms with E-state index in [0.29, 0.717) is 11.1 Å². The van der Waals surface area contributed by atoms with E-state index in [0.717, 1.165) is 0 Å². The van der Waals surface area contributed by atoms with Crippen LogP contribution in [0.4, 0.5) is 5.69 Å². The summed E-state index contributed by atoms with van der Waals surface area (Å²) < 4.78 is 62.7. The first-order valence-electron chi connectivity index (χ1n) is 10.1. The Balaban J connectivity index is 3.59. The Hall–Kier alpha value is -0.970. The van der Waals surface area contributed by atoms with Crippen LogP contribution < -0.4 is 10.6 Å². The zero-order valence-electron chi connectivity index (χ0n) is 19.4. The SMILES string of the molecule is [2H]C([2H])(Cl)C([2H])([2H])N(c1ccc(C)c(CC(N)CC(=O)O)c1)C([2H])([2H])C([2H])([2H])Cl. The Morgan fingerprint density at radius 3 is 2.57 bits per heavy atom. The Bertz CT molecular complexity index is 727. The Morgan fingerprint density at radius 1 is 1.43 bits per heavy atom. The molecule has 1 unspecified atom stereocenters. The van der Waals surface area contributed by atoms with Crippen LogP contribution in [-0.2, 0) is 11.2 Å². The van der Waals surface area contributed by atoms with E-state index >= 15 is 0 Å². The van der Waals surface area contributed by atoms with Crippen LogP contribution in [0.25, 0.3) is 0 Å². The molecule has 0 aliphatic rings. The first-order valence-corrected chi connectivity index (χ1v) is 6.83. The van der Waals surface area contributed by atoms with Crippen LogP contribution in [0.3, 0.4) is 0 Å². The maximum absolute atomic E-state index is 10.8. The van der Waals surface area contributed by atoms with Crippen LogP contribution in [-0.4, -0.2) is 41.8 Å². The third-order valence-corrected chi connectivity index (χ3v) is 2.99. The van der Waals surface area contributed by atoms with Crippen molar-refractivity contribution < 1.29 is 20.9 Å². The lowest BCUT2D eigenvalue weighted by Gasteiger charge is -2.24. The van der Waals surface area contributed by atoms with Gasteiger partial charge in [0.05, 0.1) is 11.9 Å². The molecule has 0 bridgehead atoms. The normalized spacial score (nSPS) is 20.6. The molecule has 0 spiro atoms. The number of rotatable bonds is 9. The van der Waals surface area contributed by atoms with E-state index in [4.69, 9.17) is 45.0 Å². The minimum Gasteiger partial charge on any atom is -0.481 e. The van der Waals surface area contributed by atoms with Crippen LogP contribution in [0.2, 0.25) is 0 Å². The van der Waals surface area contributed by atoms with Crippen molar-refractivity contribution in [2.24, 2.45) is 5.73 Å². The first-order chi connectivity index (χ1) is 12.8. The molecule has 0 aromatic heterocycles. The van der Waals surface area contributed by atoms with Crippen LogP contribution >= 0.6 is 23.2 Å². The Labute approximate surface area is 147 Å². The minimum absolute atomic E-state index is 0.0628. The number of hydrogen-bond acceptors (Lipinski definition) is 3. The van der Waals surface area contributed by atoms with Gasteiger partial charge in [0.1, 0.15) is 0 Å². The van der Waals surface area contributed by atoms with Gasteiger partial charge in [-0.3, -0.25) is 4.79 Å². The molecular weight excluding hydrogens is 311 g/mol. The van der Waals surface area contributed by atoms with E-state index in [1.54, 1.807) is 6.92 Å². The van der Waals surface area contributed by atoms with E-state index < -0.39 is 36.7 Å². The Morgan fingerprint density at radius 2 is 2.05 bits per heavy atom. The lowest BCUT2D eigenvalue weighted by Crippen LogP contribution is -2.29. The quantitative estimate of drug-likeness (QED) is 0.678. The molecule has 0 aliphatic heterocycles. The molecule has 0 amide bonds. The van der Waals surface area contributed by atoms with Crippen molar-refractivity contribution >= 4 is 34.9 Å².